The molecule has 0 saturated carbocycles. The van der Waals surface area contributed by atoms with Crippen LogP contribution in [0.4, 0.5) is 0 Å². The molecule has 2 rings (SSSR count). The Kier molecular flexibility index (Phi) is 2.77. The standard InChI is InChI=1S/C11H15NO3/c1-8(10-3-2-4-15-10)12-6-9(7-12)5-11(13)14/h2-4,8-9H,5-7H2,1H3,(H,13,14). The molecule has 1 aromatic rings. The molecule has 0 amide bonds. The van der Waals surface area contributed by atoms with Gasteiger partial charge in [-0.3, -0.25) is 9.69 Å². The predicted molar refractivity (Wildman–Crippen MR) is 54.4 cm³/mol. The van der Waals surface area contributed by atoms with Gasteiger partial charge in [0.1, 0.15) is 5.76 Å². The number of nitrogens with zero attached hydrogens (tertiary/aromatic N) is 1. The molecule has 0 radical (unpaired) electrons. The minimum Gasteiger partial charge on any atom is -0.481 e. The number of hydrogen-bond donors (Lipinski definition) is 1. The molecule has 82 valence electrons. The van der Waals surface area contributed by atoms with Crippen LogP contribution >= 0.6 is 0 Å². The normalized spacial score (nSPS) is 19.8. The Balaban J connectivity index is 1.82. The average molecular weight is 209 g/mol. The van der Waals surface area contributed by atoms with Gasteiger partial charge in [0, 0.05) is 13.1 Å². The maximum absolute atomic E-state index is 10.5. The SMILES string of the molecule is CC(c1ccco1)N1CC(CC(=O)O)C1. The molecule has 4 heteroatoms. The van der Waals surface area contributed by atoms with Gasteiger partial charge in [-0.15, -0.1) is 0 Å². The van der Waals surface area contributed by atoms with E-state index in [2.05, 4.69) is 11.8 Å². The lowest BCUT2D eigenvalue weighted by Crippen LogP contribution is -2.48. The Morgan fingerprint density at radius 1 is 1.73 bits per heavy atom. The third kappa shape index (κ3) is 2.21. The van der Waals surface area contributed by atoms with Gasteiger partial charge in [-0.1, -0.05) is 0 Å². The molecule has 4 nitrogen and oxygen atoms in total. The predicted octanol–water partition coefficient (Wildman–Crippen LogP) is 1.75. The lowest BCUT2D eigenvalue weighted by atomic mass is 9.94. The van der Waals surface area contributed by atoms with Gasteiger partial charge in [0.2, 0.25) is 0 Å². The Bertz CT molecular complexity index is 328. The van der Waals surface area contributed by atoms with E-state index < -0.39 is 5.97 Å². The zero-order valence-electron chi connectivity index (χ0n) is 8.72. The van der Waals surface area contributed by atoms with Crippen molar-refractivity contribution in [3.05, 3.63) is 24.2 Å². The van der Waals surface area contributed by atoms with Crippen molar-refractivity contribution in [1.29, 1.82) is 0 Å². The van der Waals surface area contributed by atoms with Crippen molar-refractivity contribution in [2.45, 2.75) is 19.4 Å². The molecule has 1 aliphatic rings. The fraction of sp³-hybridized carbons (Fsp3) is 0.545. The second-order valence-electron chi connectivity index (χ2n) is 4.11. The van der Waals surface area contributed by atoms with Crippen LogP contribution in [0.25, 0.3) is 0 Å². The fourth-order valence-corrected chi connectivity index (χ4v) is 2.01. The van der Waals surface area contributed by atoms with E-state index >= 15 is 0 Å². The molecule has 0 bridgehead atoms. The van der Waals surface area contributed by atoms with E-state index in [1.54, 1.807) is 6.26 Å². The summed E-state index contributed by atoms with van der Waals surface area (Å²) in [6.45, 7) is 3.79. The summed E-state index contributed by atoms with van der Waals surface area (Å²) in [5, 5.41) is 8.62. The minimum absolute atomic E-state index is 0.255. The molecule has 1 aliphatic heterocycles. The molecule has 0 aromatic carbocycles. The molecule has 1 unspecified atom stereocenters. The lowest BCUT2D eigenvalue weighted by molar-refractivity contribution is -0.139. The summed E-state index contributed by atoms with van der Waals surface area (Å²) in [5.74, 6) is 0.550. The maximum atomic E-state index is 10.5. The van der Waals surface area contributed by atoms with Gasteiger partial charge in [-0.2, -0.15) is 0 Å². The van der Waals surface area contributed by atoms with E-state index in [1.165, 1.54) is 0 Å². The van der Waals surface area contributed by atoms with E-state index in [1.807, 2.05) is 12.1 Å². The largest absolute Gasteiger partial charge is 0.481 e. The van der Waals surface area contributed by atoms with E-state index in [4.69, 9.17) is 9.52 Å². The highest BCUT2D eigenvalue weighted by atomic mass is 16.4. The van der Waals surface area contributed by atoms with Crippen molar-refractivity contribution >= 4 is 5.97 Å². The number of likely N-dealkylation sites (tertiary alicyclic amines) is 1. The molecular weight excluding hydrogens is 194 g/mol. The summed E-state index contributed by atoms with van der Waals surface area (Å²) < 4.78 is 5.31. The molecule has 1 N–H and O–H groups in total. The summed E-state index contributed by atoms with van der Waals surface area (Å²) in [6, 6.07) is 4.08. The summed E-state index contributed by atoms with van der Waals surface area (Å²) >= 11 is 0. The van der Waals surface area contributed by atoms with E-state index in [0.29, 0.717) is 5.92 Å². The molecule has 15 heavy (non-hydrogen) atoms. The average Bonchev–Trinajstić information content (AvgIpc) is 2.61. The van der Waals surface area contributed by atoms with Crippen LogP contribution in [0.5, 0.6) is 0 Å². The number of hydrogen-bond acceptors (Lipinski definition) is 3. The smallest absolute Gasteiger partial charge is 0.303 e. The van der Waals surface area contributed by atoms with Crippen LogP contribution < -0.4 is 0 Å². The van der Waals surface area contributed by atoms with Crippen molar-refractivity contribution < 1.29 is 14.3 Å². The van der Waals surface area contributed by atoms with Gasteiger partial charge in [0.05, 0.1) is 18.7 Å². The highest BCUT2D eigenvalue weighted by Crippen LogP contribution is 2.29. The molecule has 1 atom stereocenters. The van der Waals surface area contributed by atoms with Crippen molar-refractivity contribution in [2.75, 3.05) is 13.1 Å². The van der Waals surface area contributed by atoms with Crippen LogP contribution in [0.15, 0.2) is 22.8 Å². The molecule has 1 aromatic heterocycles. The third-order valence-corrected chi connectivity index (χ3v) is 2.95. The van der Waals surface area contributed by atoms with Crippen LogP contribution in [0.2, 0.25) is 0 Å². The molecular formula is C11H15NO3. The Labute approximate surface area is 88.5 Å². The molecule has 0 aliphatic carbocycles. The maximum Gasteiger partial charge on any atom is 0.303 e. The highest BCUT2D eigenvalue weighted by molar-refractivity contribution is 5.67. The Hall–Kier alpha value is -1.29. The van der Waals surface area contributed by atoms with E-state index in [9.17, 15) is 4.79 Å². The van der Waals surface area contributed by atoms with Crippen LogP contribution in [0.3, 0.4) is 0 Å². The van der Waals surface area contributed by atoms with Crippen molar-refractivity contribution in [3.63, 3.8) is 0 Å². The zero-order valence-corrected chi connectivity index (χ0v) is 8.72. The van der Waals surface area contributed by atoms with Gasteiger partial charge < -0.3 is 9.52 Å². The summed E-state index contributed by atoms with van der Waals surface area (Å²) in [4.78, 5) is 12.7. The summed E-state index contributed by atoms with van der Waals surface area (Å²) in [5.41, 5.74) is 0. The first kappa shape index (κ1) is 10.2. The van der Waals surface area contributed by atoms with Crippen LogP contribution in [0.1, 0.15) is 25.1 Å². The molecule has 1 fully saturated rings. The fourth-order valence-electron chi connectivity index (χ4n) is 2.01. The van der Waals surface area contributed by atoms with Gasteiger partial charge in [-0.05, 0) is 25.0 Å². The monoisotopic (exact) mass is 209 g/mol. The number of carboxylic acids is 1. The highest BCUT2D eigenvalue weighted by Gasteiger charge is 2.32. The first-order valence-corrected chi connectivity index (χ1v) is 5.16. The summed E-state index contributed by atoms with van der Waals surface area (Å²) in [6.07, 6.45) is 1.95. The number of carboxylic acid groups (broad SMARTS) is 1. The number of aliphatic carboxylic acids is 1. The third-order valence-electron chi connectivity index (χ3n) is 2.95. The van der Waals surface area contributed by atoms with Gasteiger partial charge in [0.25, 0.3) is 0 Å². The topological polar surface area (TPSA) is 53.7 Å². The van der Waals surface area contributed by atoms with E-state index in [0.717, 1.165) is 18.8 Å². The number of furan rings is 1. The summed E-state index contributed by atoms with van der Waals surface area (Å²) in [7, 11) is 0. The minimum atomic E-state index is -0.703. The van der Waals surface area contributed by atoms with Gasteiger partial charge >= 0.3 is 5.97 Å². The van der Waals surface area contributed by atoms with Gasteiger partial charge in [-0.25, -0.2) is 0 Å². The van der Waals surface area contributed by atoms with Gasteiger partial charge in [0.15, 0.2) is 0 Å². The second kappa shape index (κ2) is 4.06. The Morgan fingerprint density at radius 2 is 2.47 bits per heavy atom. The van der Waals surface area contributed by atoms with E-state index in [-0.39, 0.29) is 12.5 Å². The van der Waals surface area contributed by atoms with Crippen LogP contribution in [-0.2, 0) is 4.79 Å². The Morgan fingerprint density at radius 3 is 3.00 bits per heavy atom. The first-order valence-electron chi connectivity index (χ1n) is 5.16. The second-order valence-corrected chi connectivity index (χ2v) is 4.11. The molecule has 1 saturated heterocycles. The van der Waals surface area contributed by atoms with Crippen LogP contribution in [0, 0.1) is 5.92 Å². The van der Waals surface area contributed by atoms with Crippen LogP contribution in [-0.4, -0.2) is 29.1 Å². The number of carbonyl (C=O) groups is 1. The van der Waals surface area contributed by atoms with Crippen molar-refractivity contribution in [2.24, 2.45) is 5.92 Å². The van der Waals surface area contributed by atoms with Crippen molar-refractivity contribution in [3.8, 4) is 0 Å². The molecule has 2 heterocycles. The quantitative estimate of drug-likeness (QED) is 0.820. The zero-order chi connectivity index (χ0) is 10.8. The first-order chi connectivity index (χ1) is 7.16. The number of rotatable bonds is 4. The lowest BCUT2D eigenvalue weighted by Gasteiger charge is -2.41. The van der Waals surface area contributed by atoms with Crippen molar-refractivity contribution in [1.82, 2.24) is 4.90 Å². The molecule has 0 spiro atoms.